The van der Waals surface area contributed by atoms with Crippen LogP contribution in [0.4, 0.5) is 0 Å². The number of hydrogen-bond acceptors (Lipinski definition) is 3. The van der Waals surface area contributed by atoms with E-state index in [0.717, 1.165) is 31.8 Å². The first-order valence-electron chi connectivity index (χ1n) is 7.19. The van der Waals surface area contributed by atoms with E-state index in [2.05, 4.69) is 5.32 Å². The van der Waals surface area contributed by atoms with E-state index in [9.17, 15) is 5.11 Å². The van der Waals surface area contributed by atoms with Gasteiger partial charge in [0.05, 0.1) is 12.7 Å². The van der Waals surface area contributed by atoms with Crippen molar-refractivity contribution in [3.63, 3.8) is 0 Å². The lowest BCUT2D eigenvalue weighted by molar-refractivity contribution is 0.0178. The molecule has 0 heterocycles. The second-order valence-electron chi connectivity index (χ2n) is 5.89. The van der Waals surface area contributed by atoms with Gasteiger partial charge < -0.3 is 15.2 Å². The Hall–Kier alpha value is -0.120. The summed E-state index contributed by atoms with van der Waals surface area (Å²) in [6.07, 6.45) is 10.3. The Kier molecular flexibility index (Phi) is 4.83. The number of likely N-dealkylation sites (N-methyl/N-ethyl adjacent to an activating group) is 1. The van der Waals surface area contributed by atoms with Crippen molar-refractivity contribution in [2.45, 2.75) is 63.0 Å². The third-order valence-corrected chi connectivity index (χ3v) is 4.69. The molecule has 2 aliphatic rings. The van der Waals surface area contributed by atoms with Crippen molar-refractivity contribution >= 4 is 0 Å². The molecule has 2 rings (SSSR count). The molecule has 0 amide bonds. The van der Waals surface area contributed by atoms with Crippen LogP contribution >= 0.6 is 0 Å². The highest BCUT2D eigenvalue weighted by Gasteiger charge is 2.38. The molecule has 3 nitrogen and oxygen atoms in total. The minimum atomic E-state index is -0.0722. The average Bonchev–Trinajstić information content (AvgIpc) is 2.82. The Labute approximate surface area is 105 Å². The monoisotopic (exact) mass is 241 g/mol. The third kappa shape index (κ3) is 3.43. The van der Waals surface area contributed by atoms with Gasteiger partial charge in [0.15, 0.2) is 0 Å². The number of aliphatic hydroxyl groups excluding tert-OH is 1. The molecule has 0 aromatic carbocycles. The largest absolute Gasteiger partial charge is 0.394 e. The lowest BCUT2D eigenvalue weighted by Gasteiger charge is -2.27. The molecule has 0 bridgehead atoms. The van der Waals surface area contributed by atoms with Gasteiger partial charge in [-0.1, -0.05) is 19.3 Å². The van der Waals surface area contributed by atoms with Crippen LogP contribution in [0.3, 0.4) is 0 Å². The van der Waals surface area contributed by atoms with Crippen LogP contribution in [-0.2, 0) is 4.74 Å². The lowest BCUT2D eigenvalue weighted by Crippen LogP contribution is -2.44. The molecule has 2 fully saturated rings. The van der Waals surface area contributed by atoms with Crippen LogP contribution in [0.25, 0.3) is 0 Å². The van der Waals surface area contributed by atoms with Crippen molar-refractivity contribution in [1.29, 1.82) is 0 Å². The zero-order valence-electron chi connectivity index (χ0n) is 11.1. The number of nitrogens with one attached hydrogen (secondary N) is 1. The number of aliphatic hydroxyl groups is 1. The van der Waals surface area contributed by atoms with Gasteiger partial charge in [-0.15, -0.1) is 0 Å². The summed E-state index contributed by atoms with van der Waals surface area (Å²) < 4.78 is 6.05. The van der Waals surface area contributed by atoms with Crippen molar-refractivity contribution in [3.8, 4) is 0 Å². The topological polar surface area (TPSA) is 41.5 Å². The summed E-state index contributed by atoms with van der Waals surface area (Å²) in [4.78, 5) is 0. The molecule has 0 aromatic rings. The fourth-order valence-corrected chi connectivity index (χ4v) is 3.30. The van der Waals surface area contributed by atoms with Crippen LogP contribution < -0.4 is 5.32 Å². The summed E-state index contributed by atoms with van der Waals surface area (Å²) in [5, 5.41) is 12.7. The molecule has 17 heavy (non-hydrogen) atoms. The molecule has 0 spiro atoms. The zero-order chi connectivity index (χ0) is 12.1. The predicted octanol–water partition coefficient (Wildman–Crippen LogP) is 2.09. The zero-order valence-corrected chi connectivity index (χ0v) is 11.1. The fourth-order valence-electron chi connectivity index (χ4n) is 3.30. The second-order valence-corrected chi connectivity index (χ2v) is 5.89. The molecule has 0 aliphatic heterocycles. The molecule has 2 N–H and O–H groups in total. The van der Waals surface area contributed by atoms with E-state index in [0.29, 0.717) is 6.10 Å². The molecule has 0 aromatic heterocycles. The fraction of sp³-hybridized carbons (Fsp3) is 1.00. The quantitative estimate of drug-likeness (QED) is 0.774. The summed E-state index contributed by atoms with van der Waals surface area (Å²) in [7, 11) is 1.94. The predicted molar refractivity (Wildman–Crippen MR) is 69.0 cm³/mol. The van der Waals surface area contributed by atoms with Crippen LogP contribution in [0.1, 0.15) is 51.4 Å². The first kappa shape index (κ1) is 13.3. The Morgan fingerprint density at radius 1 is 1.24 bits per heavy atom. The molecule has 2 unspecified atom stereocenters. The van der Waals surface area contributed by atoms with Crippen molar-refractivity contribution in [2.24, 2.45) is 5.92 Å². The van der Waals surface area contributed by atoms with E-state index >= 15 is 0 Å². The molecular formula is C14H27NO2. The first-order chi connectivity index (χ1) is 8.28. The van der Waals surface area contributed by atoms with E-state index in [1.165, 1.54) is 32.1 Å². The molecular weight excluding hydrogens is 214 g/mol. The van der Waals surface area contributed by atoms with Crippen LogP contribution in [0.15, 0.2) is 0 Å². The molecule has 100 valence electrons. The molecule has 3 heteroatoms. The maximum atomic E-state index is 9.43. The van der Waals surface area contributed by atoms with Gasteiger partial charge in [0.2, 0.25) is 0 Å². The summed E-state index contributed by atoms with van der Waals surface area (Å²) >= 11 is 0. The van der Waals surface area contributed by atoms with Crippen molar-refractivity contribution in [2.75, 3.05) is 20.3 Å². The Morgan fingerprint density at radius 3 is 2.59 bits per heavy atom. The van der Waals surface area contributed by atoms with Crippen molar-refractivity contribution in [1.82, 2.24) is 5.32 Å². The lowest BCUT2D eigenvalue weighted by atomic mass is 9.90. The average molecular weight is 241 g/mol. The van der Waals surface area contributed by atoms with Crippen LogP contribution in [0.5, 0.6) is 0 Å². The van der Waals surface area contributed by atoms with E-state index in [1.54, 1.807) is 0 Å². The summed E-state index contributed by atoms with van der Waals surface area (Å²) in [5.74, 6) is 0.794. The van der Waals surface area contributed by atoms with Gasteiger partial charge in [0.25, 0.3) is 0 Å². The third-order valence-electron chi connectivity index (χ3n) is 4.69. The Bertz CT molecular complexity index is 222. The van der Waals surface area contributed by atoms with Crippen LogP contribution in [-0.4, -0.2) is 37.0 Å². The van der Waals surface area contributed by atoms with Gasteiger partial charge in [0, 0.05) is 12.1 Å². The molecule has 2 aliphatic carbocycles. The standard InChI is InChI=1S/C14H27NO2/c1-15-14(11-16)8-7-13(9-14)17-10-12-5-3-2-4-6-12/h12-13,15-16H,2-11H2,1H3. The van der Waals surface area contributed by atoms with Gasteiger partial charge in [-0.05, 0) is 45.1 Å². The molecule has 2 atom stereocenters. The highest BCUT2D eigenvalue weighted by Crippen LogP contribution is 2.32. The Balaban J connectivity index is 1.70. The van der Waals surface area contributed by atoms with Gasteiger partial charge >= 0.3 is 0 Å². The summed E-state index contributed by atoms with van der Waals surface area (Å²) in [6, 6.07) is 0. The van der Waals surface area contributed by atoms with Gasteiger partial charge in [0.1, 0.15) is 0 Å². The minimum Gasteiger partial charge on any atom is -0.394 e. The van der Waals surface area contributed by atoms with E-state index in [-0.39, 0.29) is 12.1 Å². The van der Waals surface area contributed by atoms with E-state index in [1.807, 2.05) is 7.05 Å². The van der Waals surface area contributed by atoms with Crippen LogP contribution in [0, 0.1) is 5.92 Å². The maximum Gasteiger partial charge on any atom is 0.0614 e. The van der Waals surface area contributed by atoms with Gasteiger partial charge in [-0.2, -0.15) is 0 Å². The minimum absolute atomic E-state index is 0.0722. The number of hydrogen-bond donors (Lipinski definition) is 2. The Morgan fingerprint density at radius 2 is 2.00 bits per heavy atom. The van der Waals surface area contributed by atoms with Crippen molar-refractivity contribution < 1.29 is 9.84 Å². The smallest absolute Gasteiger partial charge is 0.0614 e. The normalized spacial score (nSPS) is 35.3. The van der Waals surface area contributed by atoms with Crippen molar-refractivity contribution in [3.05, 3.63) is 0 Å². The maximum absolute atomic E-state index is 9.43. The first-order valence-corrected chi connectivity index (χ1v) is 7.19. The molecule has 2 saturated carbocycles. The second kappa shape index (κ2) is 6.17. The van der Waals surface area contributed by atoms with Gasteiger partial charge in [-0.3, -0.25) is 0 Å². The summed E-state index contributed by atoms with van der Waals surface area (Å²) in [6.45, 7) is 1.17. The highest BCUT2D eigenvalue weighted by molar-refractivity contribution is 4.95. The summed E-state index contributed by atoms with van der Waals surface area (Å²) in [5.41, 5.74) is -0.0722. The number of rotatable bonds is 5. The van der Waals surface area contributed by atoms with Crippen LogP contribution in [0.2, 0.25) is 0 Å². The number of ether oxygens (including phenoxy) is 1. The molecule has 0 saturated heterocycles. The highest BCUT2D eigenvalue weighted by atomic mass is 16.5. The van der Waals surface area contributed by atoms with E-state index < -0.39 is 0 Å². The molecule has 0 radical (unpaired) electrons. The SMILES string of the molecule is CNC1(CO)CCC(OCC2CCCCC2)C1. The van der Waals surface area contributed by atoms with E-state index in [4.69, 9.17) is 4.74 Å². The van der Waals surface area contributed by atoms with Gasteiger partial charge in [-0.25, -0.2) is 0 Å².